The number of aromatic nitrogens is 1. The molecule has 0 aliphatic carbocycles. The fraction of sp³-hybridized carbons (Fsp3) is 0.600. The highest BCUT2D eigenvalue weighted by atomic mass is 16.5. The van der Waals surface area contributed by atoms with E-state index < -0.39 is 0 Å². The number of amides is 1. The van der Waals surface area contributed by atoms with Crippen LogP contribution in [0.25, 0.3) is 0 Å². The molecule has 1 aromatic rings. The molecule has 0 spiro atoms. The van der Waals surface area contributed by atoms with Gasteiger partial charge in [0.1, 0.15) is 0 Å². The molecule has 1 aliphatic heterocycles. The van der Waals surface area contributed by atoms with Gasteiger partial charge in [0.2, 0.25) is 5.91 Å². The van der Waals surface area contributed by atoms with Gasteiger partial charge in [0.05, 0.1) is 12.5 Å². The van der Waals surface area contributed by atoms with Crippen LogP contribution in [-0.2, 0) is 16.0 Å². The highest BCUT2D eigenvalue weighted by Crippen LogP contribution is 2.15. The quantitative estimate of drug-likeness (QED) is 0.787. The van der Waals surface area contributed by atoms with E-state index in [1.54, 1.807) is 12.4 Å². The molecule has 0 radical (unpaired) electrons. The third kappa shape index (κ3) is 4.58. The molecule has 5 nitrogen and oxygen atoms in total. The normalized spacial score (nSPS) is 16.4. The molecule has 0 saturated carbocycles. The summed E-state index contributed by atoms with van der Waals surface area (Å²) < 4.78 is 5.74. The van der Waals surface area contributed by atoms with E-state index in [0.29, 0.717) is 13.0 Å². The maximum atomic E-state index is 12.2. The zero-order valence-electron chi connectivity index (χ0n) is 11.8. The fourth-order valence-corrected chi connectivity index (χ4v) is 2.39. The first-order valence-corrected chi connectivity index (χ1v) is 7.28. The standard InChI is InChI=1S/C15H23N3O2/c16-6-1-11-20-14-4-9-18(10-5-14)15(19)12-13-2-7-17-8-3-13/h2-3,7-8,14H,1,4-6,9-12,16H2. The second kappa shape index (κ2) is 7.97. The first-order chi connectivity index (χ1) is 9.79. The van der Waals surface area contributed by atoms with Crippen LogP contribution < -0.4 is 5.73 Å². The number of ether oxygens (including phenoxy) is 1. The Bertz CT molecular complexity index is 403. The van der Waals surface area contributed by atoms with Crippen molar-refractivity contribution in [2.75, 3.05) is 26.2 Å². The van der Waals surface area contributed by atoms with Crippen molar-refractivity contribution in [2.45, 2.75) is 31.8 Å². The molecule has 2 rings (SSSR count). The van der Waals surface area contributed by atoms with E-state index in [1.165, 1.54) is 0 Å². The van der Waals surface area contributed by atoms with Crippen LogP contribution in [0.4, 0.5) is 0 Å². The fourth-order valence-electron chi connectivity index (χ4n) is 2.39. The molecule has 110 valence electrons. The van der Waals surface area contributed by atoms with Crippen molar-refractivity contribution in [1.82, 2.24) is 9.88 Å². The molecular weight excluding hydrogens is 254 g/mol. The van der Waals surface area contributed by atoms with Gasteiger partial charge in [-0.25, -0.2) is 0 Å². The second-order valence-corrected chi connectivity index (χ2v) is 5.13. The summed E-state index contributed by atoms with van der Waals surface area (Å²) in [5.74, 6) is 0.191. The average molecular weight is 277 g/mol. The lowest BCUT2D eigenvalue weighted by Crippen LogP contribution is -2.41. The predicted octanol–water partition coefficient (Wildman–Crippen LogP) is 0.981. The summed E-state index contributed by atoms with van der Waals surface area (Å²) in [7, 11) is 0. The summed E-state index contributed by atoms with van der Waals surface area (Å²) >= 11 is 0. The Morgan fingerprint density at radius 2 is 2.05 bits per heavy atom. The molecule has 0 bridgehead atoms. The van der Waals surface area contributed by atoms with Crippen molar-refractivity contribution in [3.8, 4) is 0 Å². The summed E-state index contributed by atoms with van der Waals surface area (Å²) in [6, 6.07) is 3.78. The lowest BCUT2D eigenvalue weighted by atomic mass is 10.1. The Morgan fingerprint density at radius 3 is 2.70 bits per heavy atom. The third-order valence-electron chi connectivity index (χ3n) is 3.60. The zero-order valence-corrected chi connectivity index (χ0v) is 11.8. The van der Waals surface area contributed by atoms with E-state index in [0.717, 1.165) is 44.5 Å². The minimum atomic E-state index is 0.191. The highest BCUT2D eigenvalue weighted by molar-refractivity contribution is 5.78. The molecule has 1 aliphatic rings. The number of pyridine rings is 1. The van der Waals surface area contributed by atoms with E-state index in [-0.39, 0.29) is 12.0 Å². The van der Waals surface area contributed by atoms with Gasteiger partial charge < -0.3 is 15.4 Å². The topological polar surface area (TPSA) is 68.5 Å². The van der Waals surface area contributed by atoms with Crippen molar-refractivity contribution in [1.29, 1.82) is 0 Å². The lowest BCUT2D eigenvalue weighted by Gasteiger charge is -2.32. The van der Waals surface area contributed by atoms with Crippen molar-refractivity contribution in [3.05, 3.63) is 30.1 Å². The van der Waals surface area contributed by atoms with Crippen molar-refractivity contribution in [2.24, 2.45) is 5.73 Å². The Hall–Kier alpha value is -1.46. The van der Waals surface area contributed by atoms with E-state index in [2.05, 4.69) is 4.98 Å². The van der Waals surface area contributed by atoms with Crippen LogP contribution in [0.5, 0.6) is 0 Å². The molecule has 2 heterocycles. The van der Waals surface area contributed by atoms with Gasteiger partial charge in [-0.1, -0.05) is 0 Å². The lowest BCUT2D eigenvalue weighted by molar-refractivity contribution is -0.133. The van der Waals surface area contributed by atoms with Gasteiger partial charge in [-0.05, 0) is 43.5 Å². The van der Waals surface area contributed by atoms with Gasteiger partial charge in [0.15, 0.2) is 0 Å². The van der Waals surface area contributed by atoms with Gasteiger partial charge in [-0.3, -0.25) is 9.78 Å². The predicted molar refractivity (Wildman–Crippen MR) is 77.2 cm³/mol. The molecule has 1 fully saturated rings. The Kier molecular flexibility index (Phi) is 5.95. The van der Waals surface area contributed by atoms with Crippen LogP contribution in [0.15, 0.2) is 24.5 Å². The number of hydrogen-bond donors (Lipinski definition) is 1. The number of piperidine rings is 1. The molecule has 2 N–H and O–H groups in total. The van der Waals surface area contributed by atoms with Crippen molar-refractivity contribution < 1.29 is 9.53 Å². The highest BCUT2D eigenvalue weighted by Gasteiger charge is 2.22. The minimum absolute atomic E-state index is 0.191. The van der Waals surface area contributed by atoms with Crippen LogP contribution in [0.2, 0.25) is 0 Å². The summed E-state index contributed by atoms with van der Waals surface area (Å²) in [5, 5.41) is 0. The SMILES string of the molecule is NCCCOC1CCN(C(=O)Cc2ccncc2)CC1. The molecule has 20 heavy (non-hydrogen) atoms. The van der Waals surface area contributed by atoms with E-state index in [9.17, 15) is 4.79 Å². The van der Waals surface area contributed by atoms with Gasteiger partial charge in [-0.15, -0.1) is 0 Å². The molecular formula is C15H23N3O2. The van der Waals surface area contributed by atoms with Crippen LogP contribution in [0, 0.1) is 0 Å². The average Bonchev–Trinajstić information content (AvgIpc) is 2.49. The third-order valence-corrected chi connectivity index (χ3v) is 3.60. The molecule has 5 heteroatoms. The Balaban J connectivity index is 1.72. The number of carbonyl (C=O) groups is 1. The minimum Gasteiger partial charge on any atom is -0.378 e. The second-order valence-electron chi connectivity index (χ2n) is 5.13. The van der Waals surface area contributed by atoms with Crippen LogP contribution in [0.1, 0.15) is 24.8 Å². The van der Waals surface area contributed by atoms with Gasteiger partial charge in [0.25, 0.3) is 0 Å². The first-order valence-electron chi connectivity index (χ1n) is 7.28. The summed E-state index contributed by atoms with van der Waals surface area (Å²) in [6.07, 6.45) is 6.94. The number of rotatable bonds is 6. The van der Waals surface area contributed by atoms with Crippen molar-refractivity contribution in [3.63, 3.8) is 0 Å². The summed E-state index contributed by atoms with van der Waals surface area (Å²) in [6.45, 7) is 2.98. The molecule has 1 saturated heterocycles. The molecule has 0 atom stereocenters. The zero-order chi connectivity index (χ0) is 14.2. The van der Waals surface area contributed by atoms with Gasteiger partial charge in [-0.2, -0.15) is 0 Å². The van der Waals surface area contributed by atoms with Crippen LogP contribution >= 0.6 is 0 Å². The smallest absolute Gasteiger partial charge is 0.226 e. The van der Waals surface area contributed by atoms with Gasteiger partial charge in [0, 0.05) is 32.1 Å². The van der Waals surface area contributed by atoms with Gasteiger partial charge >= 0.3 is 0 Å². The molecule has 0 unspecified atom stereocenters. The summed E-state index contributed by atoms with van der Waals surface area (Å²) in [5.41, 5.74) is 6.46. The van der Waals surface area contributed by atoms with E-state index in [4.69, 9.17) is 10.5 Å². The Labute approximate surface area is 120 Å². The van der Waals surface area contributed by atoms with E-state index >= 15 is 0 Å². The number of hydrogen-bond acceptors (Lipinski definition) is 4. The number of carbonyl (C=O) groups excluding carboxylic acids is 1. The monoisotopic (exact) mass is 277 g/mol. The molecule has 1 amide bonds. The van der Waals surface area contributed by atoms with E-state index in [1.807, 2.05) is 17.0 Å². The largest absolute Gasteiger partial charge is 0.378 e. The van der Waals surface area contributed by atoms with Crippen LogP contribution in [0.3, 0.4) is 0 Å². The Morgan fingerprint density at radius 1 is 1.35 bits per heavy atom. The first kappa shape index (κ1) is 14.9. The maximum Gasteiger partial charge on any atom is 0.226 e. The van der Waals surface area contributed by atoms with Crippen LogP contribution in [-0.4, -0.2) is 48.1 Å². The van der Waals surface area contributed by atoms with Crippen molar-refractivity contribution >= 4 is 5.91 Å². The number of likely N-dealkylation sites (tertiary alicyclic amines) is 1. The molecule has 1 aromatic heterocycles. The molecule has 0 aromatic carbocycles. The number of nitrogens with zero attached hydrogens (tertiary/aromatic N) is 2. The maximum absolute atomic E-state index is 12.2. The summed E-state index contributed by atoms with van der Waals surface area (Å²) in [4.78, 5) is 18.1. The number of nitrogens with two attached hydrogens (primary N) is 1.